The highest BCUT2D eigenvalue weighted by Crippen LogP contribution is 2.05. The molecular weight excluding hydrogens is 151 g/mol. The van der Waals surface area contributed by atoms with E-state index in [1.165, 1.54) is 24.0 Å². The average Bonchev–Trinajstić information content (AvgIpc) is 2.09. The topological polar surface area (TPSA) is 0 Å². The van der Waals surface area contributed by atoms with E-state index in [0.717, 1.165) is 0 Å². The molecular formula is C11H17F. The van der Waals surface area contributed by atoms with Crippen molar-refractivity contribution in [3.05, 3.63) is 35.4 Å². The van der Waals surface area contributed by atoms with Gasteiger partial charge in [-0.25, -0.2) is 0 Å². The van der Waals surface area contributed by atoms with Crippen LogP contribution in [-0.2, 0) is 6.42 Å². The van der Waals surface area contributed by atoms with Crippen LogP contribution in [0.25, 0.3) is 0 Å². The quantitative estimate of drug-likeness (QED) is 0.633. The smallest absolute Gasteiger partial charge is 0.0785 e. The molecule has 0 bridgehead atoms. The molecule has 0 spiro atoms. The molecule has 0 nitrogen and oxygen atoms in total. The Morgan fingerprint density at radius 1 is 1.25 bits per heavy atom. The Morgan fingerprint density at radius 2 is 1.92 bits per heavy atom. The summed E-state index contributed by atoms with van der Waals surface area (Å²) < 4.78 is 9.50. The predicted molar refractivity (Wildman–Crippen MR) is 52.2 cm³/mol. The van der Waals surface area contributed by atoms with Crippen LogP contribution in [0.2, 0.25) is 0 Å². The van der Waals surface area contributed by atoms with Crippen molar-refractivity contribution in [1.29, 1.82) is 0 Å². The maximum Gasteiger partial charge on any atom is 0.0785 e. The molecule has 0 aromatic heterocycles. The standard InChI is InChI=1S/C10H14.CH3F/c1-3-5-10-7-4-6-9(2)8-10;1-2/h4,6-8H,3,5H2,1-2H3;1H3. The molecule has 1 rings (SSSR count). The first-order valence-corrected chi connectivity index (χ1v) is 4.26. The summed E-state index contributed by atoms with van der Waals surface area (Å²) in [6.07, 6.45) is 2.45. The predicted octanol–water partition coefficient (Wildman–Crippen LogP) is 3.53. The van der Waals surface area contributed by atoms with Crippen molar-refractivity contribution >= 4 is 0 Å². The largest absolute Gasteiger partial charge is 0.255 e. The van der Waals surface area contributed by atoms with Gasteiger partial charge in [-0.3, -0.25) is 4.39 Å². The van der Waals surface area contributed by atoms with Crippen LogP contribution >= 0.6 is 0 Å². The lowest BCUT2D eigenvalue weighted by Gasteiger charge is -1.97. The van der Waals surface area contributed by atoms with Crippen LogP contribution in [-0.4, -0.2) is 7.18 Å². The van der Waals surface area contributed by atoms with Crippen molar-refractivity contribution in [2.45, 2.75) is 26.7 Å². The van der Waals surface area contributed by atoms with Gasteiger partial charge >= 0.3 is 0 Å². The fourth-order valence-corrected chi connectivity index (χ4v) is 1.16. The second kappa shape index (κ2) is 6.84. The van der Waals surface area contributed by atoms with Crippen LogP contribution in [0, 0.1) is 6.92 Å². The van der Waals surface area contributed by atoms with E-state index in [1.54, 1.807) is 0 Å². The zero-order valence-electron chi connectivity index (χ0n) is 8.10. The molecule has 1 aromatic carbocycles. The third-order valence-corrected chi connectivity index (χ3v) is 1.62. The molecule has 0 aliphatic rings. The lowest BCUT2D eigenvalue weighted by atomic mass is 10.1. The van der Waals surface area contributed by atoms with Gasteiger partial charge < -0.3 is 0 Å². The number of rotatable bonds is 2. The van der Waals surface area contributed by atoms with Crippen molar-refractivity contribution in [2.75, 3.05) is 7.18 Å². The van der Waals surface area contributed by atoms with Gasteiger partial charge in [0.05, 0.1) is 7.18 Å². The fraction of sp³-hybridized carbons (Fsp3) is 0.455. The number of benzene rings is 1. The van der Waals surface area contributed by atoms with Gasteiger partial charge in [-0.2, -0.15) is 0 Å². The van der Waals surface area contributed by atoms with Gasteiger partial charge in [0.15, 0.2) is 0 Å². The molecule has 68 valence electrons. The summed E-state index contributed by atoms with van der Waals surface area (Å²) in [4.78, 5) is 0. The van der Waals surface area contributed by atoms with Gasteiger partial charge in [0.25, 0.3) is 0 Å². The summed E-state index contributed by atoms with van der Waals surface area (Å²) in [7, 11) is 0.500. The zero-order chi connectivity index (χ0) is 9.40. The molecule has 0 N–H and O–H groups in total. The van der Waals surface area contributed by atoms with Crippen molar-refractivity contribution in [1.82, 2.24) is 0 Å². The van der Waals surface area contributed by atoms with Crippen molar-refractivity contribution < 1.29 is 4.39 Å². The summed E-state index contributed by atoms with van der Waals surface area (Å²) in [5, 5.41) is 0. The molecule has 0 heterocycles. The second-order valence-electron chi connectivity index (χ2n) is 2.74. The Morgan fingerprint density at radius 3 is 2.42 bits per heavy atom. The SMILES string of the molecule is CCCc1cccc(C)c1.CF. The van der Waals surface area contributed by atoms with Crippen molar-refractivity contribution in [2.24, 2.45) is 0 Å². The maximum atomic E-state index is 9.50. The average molecular weight is 168 g/mol. The Bertz CT molecular complexity index is 206. The van der Waals surface area contributed by atoms with E-state index in [2.05, 4.69) is 38.1 Å². The van der Waals surface area contributed by atoms with Crippen LogP contribution in [0.15, 0.2) is 24.3 Å². The van der Waals surface area contributed by atoms with Crippen LogP contribution in [0.3, 0.4) is 0 Å². The Balaban J connectivity index is 0.000000561. The minimum Gasteiger partial charge on any atom is -0.255 e. The molecule has 12 heavy (non-hydrogen) atoms. The van der Waals surface area contributed by atoms with Gasteiger partial charge in [-0.15, -0.1) is 0 Å². The number of aryl methyl sites for hydroxylation is 2. The van der Waals surface area contributed by atoms with E-state index < -0.39 is 0 Å². The molecule has 0 amide bonds. The first kappa shape index (κ1) is 11.2. The number of alkyl halides is 1. The Kier molecular flexibility index (Phi) is 6.35. The monoisotopic (exact) mass is 168 g/mol. The summed E-state index contributed by atoms with van der Waals surface area (Å²) in [5.41, 5.74) is 2.83. The van der Waals surface area contributed by atoms with Gasteiger partial charge in [-0.05, 0) is 18.9 Å². The summed E-state index contributed by atoms with van der Waals surface area (Å²) in [6, 6.07) is 8.71. The van der Waals surface area contributed by atoms with E-state index in [9.17, 15) is 4.39 Å². The molecule has 0 saturated heterocycles. The lowest BCUT2D eigenvalue weighted by Crippen LogP contribution is -1.82. The fourth-order valence-electron chi connectivity index (χ4n) is 1.16. The lowest BCUT2D eigenvalue weighted by molar-refractivity contribution is 0.636. The number of halogens is 1. The van der Waals surface area contributed by atoms with Crippen molar-refractivity contribution in [3.8, 4) is 0 Å². The van der Waals surface area contributed by atoms with E-state index >= 15 is 0 Å². The first-order valence-electron chi connectivity index (χ1n) is 4.26. The summed E-state index contributed by atoms with van der Waals surface area (Å²) in [5.74, 6) is 0. The molecule has 0 aliphatic carbocycles. The Labute approximate surface area is 74.4 Å². The van der Waals surface area contributed by atoms with E-state index in [-0.39, 0.29) is 0 Å². The van der Waals surface area contributed by atoms with Crippen LogP contribution in [0.5, 0.6) is 0 Å². The zero-order valence-corrected chi connectivity index (χ0v) is 8.10. The summed E-state index contributed by atoms with van der Waals surface area (Å²) in [6.45, 7) is 4.35. The minimum atomic E-state index is 0.500. The minimum absolute atomic E-state index is 0.500. The number of hydrogen-bond acceptors (Lipinski definition) is 0. The third-order valence-electron chi connectivity index (χ3n) is 1.62. The highest BCUT2D eigenvalue weighted by atomic mass is 19.1. The first-order chi connectivity index (χ1) is 5.83. The molecule has 0 atom stereocenters. The number of hydrogen-bond donors (Lipinski definition) is 0. The Hall–Kier alpha value is -0.850. The highest BCUT2D eigenvalue weighted by molar-refractivity contribution is 5.21. The normalized spacial score (nSPS) is 8.67. The molecule has 0 saturated carbocycles. The van der Waals surface area contributed by atoms with Gasteiger partial charge in [0, 0.05) is 0 Å². The highest BCUT2D eigenvalue weighted by Gasteiger charge is 1.88. The van der Waals surface area contributed by atoms with E-state index in [4.69, 9.17) is 0 Å². The molecule has 0 fully saturated rings. The van der Waals surface area contributed by atoms with E-state index in [1.807, 2.05) is 0 Å². The molecule has 0 aliphatic heterocycles. The molecule has 1 heteroatoms. The van der Waals surface area contributed by atoms with Gasteiger partial charge in [-0.1, -0.05) is 43.2 Å². The molecule has 0 unspecified atom stereocenters. The summed E-state index contributed by atoms with van der Waals surface area (Å²) >= 11 is 0. The van der Waals surface area contributed by atoms with Gasteiger partial charge in [0.1, 0.15) is 0 Å². The van der Waals surface area contributed by atoms with E-state index in [0.29, 0.717) is 7.18 Å². The van der Waals surface area contributed by atoms with Crippen LogP contribution in [0.1, 0.15) is 24.5 Å². The van der Waals surface area contributed by atoms with Crippen molar-refractivity contribution in [3.63, 3.8) is 0 Å². The molecule has 1 aromatic rings. The molecule has 0 radical (unpaired) electrons. The van der Waals surface area contributed by atoms with Gasteiger partial charge in [0.2, 0.25) is 0 Å². The van der Waals surface area contributed by atoms with Crippen LogP contribution < -0.4 is 0 Å². The van der Waals surface area contributed by atoms with Crippen LogP contribution in [0.4, 0.5) is 4.39 Å². The third kappa shape index (κ3) is 4.12. The maximum absolute atomic E-state index is 9.50. The second-order valence-corrected chi connectivity index (χ2v) is 2.74.